The van der Waals surface area contributed by atoms with Gasteiger partial charge in [-0.1, -0.05) is 6.07 Å². The fourth-order valence-corrected chi connectivity index (χ4v) is 2.91. The molecule has 4 nitrogen and oxygen atoms in total. The fourth-order valence-electron chi connectivity index (χ4n) is 2.44. The number of anilines is 1. The first kappa shape index (κ1) is 11.9. The summed E-state index contributed by atoms with van der Waals surface area (Å²) in [5, 5.41) is 10.8. The number of aliphatic hydroxyl groups is 1. The summed E-state index contributed by atoms with van der Waals surface area (Å²) in [6.45, 7) is 1.59. The number of rotatable bonds is 1. The lowest BCUT2D eigenvalue weighted by molar-refractivity contribution is 0.154. The number of aliphatic hydroxyl groups excluding tert-OH is 1. The van der Waals surface area contributed by atoms with E-state index in [4.69, 9.17) is 0 Å². The van der Waals surface area contributed by atoms with E-state index in [2.05, 4.69) is 30.8 Å². The Kier molecular flexibility index (Phi) is 3.18. The van der Waals surface area contributed by atoms with E-state index in [1.54, 1.807) is 6.33 Å². The Hall–Kier alpha value is -1.20. The van der Waals surface area contributed by atoms with Crippen LogP contribution in [0.5, 0.6) is 0 Å². The molecule has 0 aliphatic carbocycles. The topological polar surface area (TPSA) is 49.2 Å². The predicted molar refractivity (Wildman–Crippen MR) is 74.7 cm³/mol. The number of hydrogen-bond donors (Lipinski definition) is 1. The van der Waals surface area contributed by atoms with Crippen LogP contribution in [0.2, 0.25) is 0 Å². The molecule has 0 spiro atoms. The van der Waals surface area contributed by atoms with Gasteiger partial charge in [-0.2, -0.15) is 0 Å². The zero-order valence-corrected chi connectivity index (χ0v) is 11.5. The molecule has 2 aromatic rings. The summed E-state index contributed by atoms with van der Waals surface area (Å²) in [5.41, 5.74) is 0.919. The average Bonchev–Trinajstić information content (AvgIpc) is 2.39. The molecule has 1 fully saturated rings. The number of fused-ring (bicyclic) bond motifs is 1. The van der Waals surface area contributed by atoms with E-state index >= 15 is 0 Å². The van der Waals surface area contributed by atoms with Gasteiger partial charge in [0, 0.05) is 22.9 Å². The second-order valence-corrected chi connectivity index (χ2v) is 5.43. The van der Waals surface area contributed by atoms with Gasteiger partial charge in [-0.25, -0.2) is 9.97 Å². The van der Waals surface area contributed by atoms with Crippen molar-refractivity contribution < 1.29 is 5.11 Å². The maximum Gasteiger partial charge on any atom is 0.140 e. The summed E-state index contributed by atoms with van der Waals surface area (Å²) < 4.78 is 0.973. The molecule has 1 aromatic heterocycles. The Morgan fingerprint density at radius 2 is 2.22 bits per heavy atom. The van der Waals surface area contributed by atoms with Crippen molar-refractivity contribution in [1.29, 1.82) is 0 Å². The highest BCUT2D eigenvalue weighted by molar-refractivity contribution is 9.10. The van der Waals surface area contributed by atoms with Crippen molar-refractivity contribution >= 4 is 32.7 Å². The number of hydrogen-bond acceptors (Lipinski definition) is 4. The molecule has 0 unspecified atom stereocenters. The van der Waals surface area contributed by atoms with Crippen LogP contribution in [0.1, 0.15) is 12.8 Å². The summed E-state index contributed by atoms with van der Waals surface area (Å²) in [5.74, 6) is 0.917. The van der Waals surface area contributed by atoms with Gasteiger partial charge in [0.25, 0.3) is 0 Å². The Balaban J connectivity index is 2.09. The van der Waals surface area contributed by atoms with E-state index in [0.29, 0.717) is 6.54 Å². The Labute approximate surface area is 114 Å². The third-order valence-electron chi connectivity index (χ3n) is 3.29. The van der Waals surface area contributed by atoms with Gasteiger partial charge in [-0.05, 0) is 40.9 Å². The Morgan fingerprint density at radius 1 is 1.33 bits per heavy atom. The highest BCUT2D eigenvalue weighted by atomic mass is 79.9. The third-order valence-corrected chi connectivity index (χ3v) is 3.93. The minimum atomic E-state index is -0.254. The fraction of sp³-hybridized carbons (Fsp3) is 0.385. The van der Waals surface area contributed by atoms with Crippen LogP contribution in [0.3, 0.4) is 0 Å². The van der Waals surface area contributed by atoms with E-state index in [-0.39, 0.29) is 6.10 Å². The quantitative estimate of drug-likeness (QED) is 0.878. The molecule has 0 amide bonds. The van der Waals surface area contributed by atoms with Gasteiger partial charge < -0.3 is 10.0 Å². The van der Waals surface area contributed by atoms with E-state index in [1.807, 2.05) is 18.2 Å². The van der Waals surface area contributed by atoms with Crippen LogP contribution in [0.15, 0.2) is 29.0 Å². The third kappa shape index (κ3) is 2.08. The van der Waals surface area contributed by atoms with Crippen molar-refractivity contribution in [2.45, 2.75) is 18.9 Å². The highest BCUT2D eigenvalue weighted by Crippen LogP contribution is 2.29. The molecule has 18 heavy (non-hydrogen) atoms. The van der Waals surface area contributed by atoms with Crippen molar-refractivity contribution in [1.82, 2.24) is 9.97 Å². The molecule has 94 valence electrons. The Bertz CT molecular complexity index is 575. The lowest BCUT2D eigenvalue weighted by Gasteiger charge is -2.31. The average molecular weight is 308 g/mol. The molecule has 3 rings (SSSR count). The van der Waals surface area contributed by atoms with Crippen molar-refractivity contribution in [3.8, 4) is 0 Å². The van der Waals surface area contributed by atoms with Gasteiger partial charge in [0.2, 0.25) is 0 Å². The van der Waals surface area contributed by atoms with Gasteiger partial charge >= 0.3 is 0 Å². The number of para-hydroxylation sites is 1. The minimum Gasteiger partial charge on any atom is -0.391 e. The lowest BCUT2D eigenvalue weighted by atomic mass is 10.1. The predicted octanol–water partition coefficient (Wildman–Crippen LogP) is 2.35. The second kappa shape index (κ2) is 4.82. The molecular weight excluding hydrogens is 294 g/mol. The second-order valence-electron chi connectivity index (χ2n) is 4.58. The Morgan fingerprint density at radius 3 is 3.06 bits per heavy atom. The summed E-state index contributed by atoms with van der Waals surface area (Å²) in [6.07, 6.45) is 3.21. The first-order valence-electron chi connectivity index (χ1n) is 6.08. The van der Waals surface area contributed by atoms with E-state index in [0.717, 1.165) is 40.6 Å². The zero-order valence-electron chi connectivity index (χ0n) is 9.88. The molecular formula is C13H14BrN3O. The summed E-state index contributed by atoms with van der Waals surface area (Å²) in [4.78, 5) is 10.8. The number of benzene rings is 1. The SMILES string of the molecule is O[C@@H]1CCCN(c2ncnc3c(Br)cccc23)C1. The molecule has 0 bridgehead atoms. The molecule has 5 heteroatoms. The molecule has 1 aliphatic heterocycles. The molecule has 1 atom stereocenters. The van der Waals surface area contributed by atoms with Gasteiger partial charge in [0.05, 0.1) is 11.6 Å². The van der Waals surface area contributed by atoms with Gasteiger partial charge in [0.1, 0.15) is 12.1 Å². The summed E-state index contributed by atoms with van der Waals surface area (Å²) >= 11 is 3.51. The smallest absolute Gasteiger partial charge is 0.140 e. The molecule has 1 saturated heterocycles. The zero-order chi connectivity index (χ0) is 12.5. The molecule has 0 radical (unpaired) electrons. The number of β-amino-alcohol motifs (C(OH)–C–C–N with tert-alkyl or cyclic N) is 1. The van der Waals surface area contributed by atoms with Crippen LogP contribution in [-0.2, 0) is 0 Å². The molecule has 1 N–H and O–H groups in total. The van der Waals surface area contributed by atoms with Gasteiger partial charge in [-0.15, -0.1) is 0 Å². The van der Waals surface area contributed by atoms with E-state index < -0.39 is 0 Å². The monoisotopic (exact) mass is 307 g/mol. The standard InChI is InChI=1S/C13H14BrN3O/c14-11-5-1-4-10-12(11)15-8-16-13(10)17-6-2-3-9(18)7-17/h1,4-5,8-9,18H,2-3,6-7H2/t9-/m1/s1. The minimum absolute atomic E-state index is 0.254. The number of halogens is 1. The largest absolute Gasteiger partial charge is 0.391 e. The van der Waals surface area contributed by atoms with Crippen LogP contribution < -0.4 is 4.90 Å². The highest BCUT2D eigenvalue weighted by Gasteiger charge is 2.20. The number of piperidine rings is 1. The van der Waals surface area contributed by atoms with Crippen molar-refractivity contribution in [2.24, 2.45) is 0 Å². The van der Waals surface area contributed by atoms with Crippen molar-refractivity contribution in [3.05, 3.63) is 29.0 Å². The van der Waals surface area contributed by atoms with Crippen molar-refractivity contribution in [3.63, 3.8) is 0 Å². The van der Waals surface area contributed by atoms with E-state index in [1.165, 1.54) is 0 Å². The van der Waals surface area contributed by atoms with Crippen LogP contribution in [0.25, 0.3) is 10.9 Å². The number of aromatic nitrogens is 2. The molecule has 0 saturated carbocycles. The van der Waals surface area contributed by atoms with Crippen LogP contribution in [0, 0.1) is 0 Å². The van der Waals surface area contributed by atoms with Gasteiger partial charge in [-0.3, -0.25) is 0 Å². The van der Waals surface area contributed by atoms with Crippen LogP contribution in [-0.4, -0.2) is 34.3 Å². The lowest BCUT2D eigenvalue weighted by Crippen LogP contribution is -2.38. The summed E-state index contributed by atoms with van der Waals surface area (Å²) in [6, 6.07) is 5.99. The van der Waals surface area contributed by atoms with Gasteiger partial charge in [0.15, 0.2) is 0 Å². The molecule has 1 aliphatic rings. The van der Waals surface area contributed by atoms with Crippen molar-refractivity contribution in [2.75, 3.05) is 18.0 Å². The maximum absolute atomic E-state index is 9.77. The van der Waals surface area contributed by atoms with E-state index in [9.17, 15) is 5.11 Å². The maximum atomic E-state index is 9.77. The first-order valence-corrected chi connectivity index (χ1v) is 6.87. The molecule has 2 heterocycles. The molecule has 1 aromatic carbocycles. The normalized spacial score (nSPS) is 20.3. The first-order chi connectivity index (χ1) is 8.75. The summed E-state index contributed by atoms with van der Waals surface area (Å²) in [7, 11) is 0. The number of nitrogens with zero attached hydrogens (tertiary/aromatic N) is 3. The van der Waals surface area contributed by atoms with Crippen LogP contribution in [0.4, 0.5) is 5.82 Å². The van der Waals surface area contributed by atoms with Crippen LogP contribution >= 0.6 is 15.9 Å².